The minimum Gasteiger partial charge on any atom is -0.497 e. The van der Waals surface area contributed by atoms with Crippen molar-refractivity contribution in [2.45, 2.75) is 18.2 Å². The van der Waals surface area contributed by atoms with Crippen LogP contribution in [0.1, 0.15) is 13.3 Å². The molecule has 1 atom stereocenters. The largest absolute Gasteiger partial charge is 0.497 e. The number of sulfonamides is 1. The molecule has 1 unspecified atom stereocenters. The number of nitrogen functional groups attached to an aromatic ring is 1. The zero-order valence-corrected chi connectivity index (χ0v) is 13.3. The maximum Gasteiger partial charge on any atom is 0.242 e. The highest BCUT2D eigenvalue weighted by molar-refractivity contribution is 7.89. The van der Waals surface area contributed by atoms with Crippen LogP contribution in [0.25, 0.3) is 0 Å². The van der Waals surface area contributed by atoms with Gasteiger partial charge in [0.05, 0.1) is 12.8 Å². The van der Waals surface area contributed by atoms with E-state index in [0.29, 0.717) is 18.2 Å². The van der Waals surface area contributed by atoms with Gasteiger partial charge in [-0.1, -0.05) is 6.92 Å². The molecule has 2 rings (SSSR count). The molecule has 1 aromatic rings. The quantitative estimate of drug-likeness (QED) is 0.762. The smallest absolute Gasteiger partial charge is 0.242 e. The Hall–Kier alpha value is -1.31. The van der Waals surface area contributed by atoms with Gasteiger partial charge >= 0.3 is 0 Å². The third kappa shape index (κ3) is 3.87. The van der Waals surface area contributed by atoms with Gasteiger partial charge in [-0.25, -0.2) is 13.1 Å². The average Bonchev–Trinajstić information content (AvgIpc) is 2.93. The third-order valence-corrected chi connectivity index (χ3v) is 5.38. The molecule has 118 valence electrons. The average molecular weight is 313 g/mol. The summed E-state index contributed by atoms with van der Waals surface area (Å²) in [5, 5.41) is 0. The summed E-state index contributed by atoms with van der Waals surface area (Å²) in [4.78, 5) is 2.43. The van der Waals surface area contributed by atoms with Crippen molar-refractivity contribution in [2.75, 3.05) is 39.0 Å². The molecule has 3 N–H and O–H groups in total. The SMILES string of the molecule is CCN1CCC(CNS(=O)(=O)c2ccc(OC)cc2N)C1. The van der Waals surface area contributed by atoms with E-state index in [0.717, 1.165) is 26.1 Å². The number of ether oxygens (including phenoxy) is 1. The summed E-state index contributed by atoms with van der Waals surface area (Å²) in [5.74, 6) is 0.903. The highest BCUT2D eigenvalue weighted by atomic mass is 32.2. The van der Waals surface area contributed by atoms with Crippen molar-refractivity contribution < 1.29 is 13.2 Å². The fourth-order valence-electron chi connectivity index (χ4n) is 2.57. The molecule has 1 fully saturated rings. The number of anilines is 1. The lowest BCUT2D eigenvalue weighted by atomic mass is 10.1. The van der Waals surface area contributed by atoms with Gasteiger partial charge in [-0.2, -0.15) is 0 Å². The van der Waals surface area contributed by atoms with E-state index in [1.807, 2.05) is 0 Å². The van der Waals surface area contributed by atoms with Crippen LogP contribution in [0.3, 0.4) is 0 Å². The van der Waals surface area contributed by atoms with Crippen LogP contribution in [0.4, 0.5) is 5.69 Å². The number of nitrogens with one attached hydrogen (secondary N) is 1. The van der Waals surface area contributed by atoms with Gasteiger partial charge in [-0.3, -0.25) is 0 Å². The molecule has 0 bridgehead atoms. The van der Waals surface area contributed by atoms with E-state index < -0.39 is 10.0 Å². The van der Waals surface area contributed by atoms with Gasteiger partial charge in [-0.15, -0.1) is 0 Å². The number of rotatable bonds is 6. The number of nitrogens with two attached hydrogens (primary N) is 1. The molecule has 1 aliphatic heterocycles. The number of hydrogen-bond donors (Lipinski definition) is 2. The minimum absolute atomic E-state index is 0.105. The molecule has 0 saturated carbocycles. The zero-order chi connectivity index (χ0) is 15.5. The summed E-state index contributed by atoms with van der Waals surface area (Å²) in [6.07, 6.45) is 1.02. The van der Waals surface area contributed by atoms with Crippen LogP contribution in [0, 0.1) is 5.92 Å². The second kappa shape index (κ2) is 6.64. The Labute approximate surface area is 126 Å². The van der Waals surface area contributed by atoms with Crippen LogP contribution in [0.5, 0.6) is 5.75 Å². The van der Waals surface area contributed by atoms with Gasteiger partial charge in [0.1, 0.15) is 10.6 Å². The molecule has 7 heteroatoms. The predicted molar refractivity (Wildman–Crippen MR) is 82.8 cm³/mol. The third-order valence-electron chi connectivity index (χ3n) is 3.89. The Bertz CT molecular complexity index is 589. The first-order valence-corrected chi connectivity index (χ1v) is 8.60. The van der Waals surface area contributed by atoms with E-state index in [4.69, 9.17) is 10.5 Å². The Morgan fingerprint density at radius 1 is 1.48 bits per heavy atom. The zero-order valence-electron chi connectivity index (χ0n) is 12.5. The maximum atomic E-state index is 12.3. The Morgan fingerprint density at radius 3 is 2.81 bits per heavy atom. The van der Waals surface area contributed by atoms with E-state index in [1.165, 1.54) is 19.2 Å². The van der Waals surface area contributed by atoms with Crippen LogP contribution in [0.2, 0.25) is 0 Å². The van der Waals surface area contributed by atoms with Crippen molar-refractivity contribution in [2.24, 2.45) is 5.92 Å². The van der Waals surface area contributed by atoms with E-state index >= 15 is 0 Å². The lowest BCUT2D eigenvalue weighted by molar-refractivity contribution is 0.342. The molecule has 0 amide bonds. The molecule has 1 aromatic carbocycles. The summed E-state index contributed by atoms with van der Waals surface area (Å²) in [6, 6.07) is 4.59. The van der Waals surface area contributed by atoms with Crippen molar-refractivity contribution in [3.05, 3.63) is 18.2 Å². The Balaban J connectivity index is 2.02. The van der Waals surface area contributed by atoms with Crippen molar-refractivity contribution in [1.29, 1.82) is 0 Å². The fourth-order valence-corrected chi connectivity index (χ4v) is 3.80. The first-order chi connectivity index (χ1) is 9.96. The number of methoxy groups -OCH3 is 1. The summed E-state index contributed by atoms with van der Waals surface area (Å²) in [7, 11) is -2.06. The minimum atomic E-state index is -3.58. The van der Waals surface area contributed by atoms with Gasteiger partial charge in [0, 0.05) is 19.2 Å². The van der Waals surface area contributed by atoms with Crippen molar-refractivity contribution in [1.82, 2.24) is 9.62 Å². The van der Waals surface area contributed by atoms with Gasteiger partial charge < -0.3 is 15.4 Å². The number of nitrogens with zero attached hydrogens (tertiary/aromatic N) is 1. The van der Waals surface area contributed by atoms with E-state index in [1.54, 1.807) is 6.07 Å². The highest BCUT2D eigenvalue weighted by Crippen LogP contribution is 2.24. The van der Waals surface area contributed by atoms with Crippen LogP contribution >= 0.6 is 0 Å². The monoisotopic (exact) mass is 313 g/mol. The number of likely N-dealkylation sites (tertiary alicyclic amines) is 1. The van der Waals surface area contributed by atoms with Gasteiger partial charge in [0.25, 0.3) is 0 Å². The molecule has 1 saturated heterocycles. The van der Waals surface area contributed by atoms with E-state index in [-0.39, 0.29) is 10.6 Å². The first kappa shape index (κ1) is 16.1. The van der Waals surface area contributed by atoms with Gasteiger partial charge in [0.15, 0.2) is 0 Å². The van der Waals surface area contributed by atoms with Crippen molar-refractivity contribution >= 4 is 15.7 Å². The molecule has 0 spiro atoms. The van der Waals surface area contributed by atoms with E-state index in [9.17, 15) is 8.42 Å². The maximum absolute atomic E-state index is 12.3. The van der Waals surface area contributed by atoms with Crippen LogP contribution < -0.4 is 15.2 Å². The van der Waals surface area contributed by atoms with Crippen molar-refractivity contribution in [3.63, 3.8) is 0 Å². The fraction of sp³-hybridized carbons (Fsp3) is 0.571. The lowest BCUT2D eigenvalue weighted by Gasteiger charge is -2.15. The molecule has 0 aromatic heterocycles. The van der Waals surface area contributed by atoms with Crippen LogP contribution in [-0.2, 0) is 10.0 Å². The molecule has 6 nitrogen and oxygen atoms in total. The standard InChI is InChI=1S/C14H23N3O3S/c1-3-17-7-6-11(10-17)9-16-21(18,19)14-5-4-12(20-2)8-13(14)15/h4-5,8,11,16H,3,6-7,9-10,15H2,1-2H3. The number of hydrogen-bond acceptors (Lipinski definition) is 5. The number of benzene rings is 1. The Kier molecular flexibility index (Phi) is 5.08. The molecule has 1 heterocycles. The summed E-state index contributed by atoms with van der Waals surface area (Å²) in [6.45, 7) is 5.55. The second-order valence-electron chi connectivity index (χ2n) is 5.30. The van der Waals surface area contributed by atoms with Crippen molar-refractivity contribution in [3.8, 4) is 5.75 Å². The highest BCUT2D eigenvalue weighted by Gasteiger charge is 2.24. The second-order valence-corrected chi connectivity index (χ2v) is 7.04. The predicted octanol–water partition coefficient (Wildman–Crippen LogP) is 0.897. The first-order valence-electron chi connectivity index (χ1n) is 7.11. The molecule has 0 radical (unpaired) electrons. The normalized spacial score (nSPS) is 19.8. The molecule has 21 heavy (non-hydrogen) atoms. The summed E-state index contributed by atoms with van der Waals surface area (Å²) < 4.78 is 32.3. The molecular weight excluding hydrogens is 290 g/mol. The molecule has 0 aliphatic carbocycles. The molecule has 1 aliphatic rings. The van der Waals surface area contributed by atoms with Crippen LogP contribution in [-0.4, -0.2) is 46.6 Å². The van der Waals surface area contributed by atoms with Gasteiger partial charge in [-0.05, 0) is 37.6 Å². The Morgan fingerprint density at radius 2 is 2.24 bits per heavy atom. The van der Waals surface area contributed by atoms with E-state index in [2.05, 4.69) is 16.5 Å². The summed E-state index contributed by atoms with van der Waals surface area (Å²) >= 11 is 0. The van der Waals surface area contributed by atoms with Gasteiger partial charge in [0.2, 0.25) is 10.0 Å². The molecular formula is C14H23N3O3S. The topological polar surface area (TPSA) is 84.7 Å². The van der Waals surface area contributed by atoms with Crippen LogP contribution in [0.15, 0.2) is 23.1 Å². The summed E-state index contributed by atoms with van der Waals surface area (Å²) in [5.41, 5.74) is 6.00. The lowest BCUT2D eigenvalue weighted by Crippen LogP contribution is -2.31.